The van der Waals surface area contributed by atoms with Crippen LogP contribution in [0.2, 0.25) is 0 Å². The number of carbonyl (C=O) groups is 2. The second kappa shape index (κ2) is 15.4. The average Bonchev–Trinajstić information content (AvgIpc) is 3.47. The van der Waals surface area contributed by atoms with Gasteiger partial charge in [0.2, 0.25) is 0 Å². The third-order valence-corrected chi connectivity index (χ3v) is 8.20. The van der Waals surface area contributed by atoms with Crippen LogP contribution in [-0.4, -0.2) is 39.7 Å². The zero-order chi connectivity index (χ0) is 26.9. The van der Waals surface area contributed by atoms with Crippen molar-refractivity contribution in [3.05, 3.63) is 75.7 Å². The standard InChI is InChI=1S/C30H36N2O5S.Li/c1-20-7-5-6-10-23(20)25-15-22(11-13-24(25)29(34)32-26(17-33)30(35)36)18-37-27(28-16-31-19-38-28)14-12-21-8-3-2-4-9-21;/h5-7,10-11,13,15-16,19,21,26-27,33H,2-4,8-9,12,14,17-18H2,1H3,(H,32,34)(H,35,36);/q;+1. The van der Waals surface area contributed by atoms with Crippen molar-refractivity contribution in [2.24, 2.45) is 5.92 Å². The number of amides is 1. The van der Waals surface area contributed by atoms with Crippen molar-refractivity contribution >= 4 is 23.2 Å². The van der Waals surface area contributed by atoms with Crippen LogP contribution in [0.1, 0.15) is 77.4 Å². The summed E-state index contributed by atoms with van der Waals surface area (Å²) in [5.74, 6) is -1.07. The predicted octanol–water partition coefficient (Wildman–Crippen LogP) is 2.92. The van der Waals surface area contributed by atoms with Crippen LogP contribution >= 0.6 is 11.3 Å². The summed E-state index contributed by atoms with van der Waals surface area (Å²) in [4.78, 5) is 29.8. The van der Waals surface area contributed by atoms with Gasteiger partial charge in [-0.3, -0.25) is 9.78 Å². The molecule has 1 amide bonds. The second-order valence-electron chi connectivity index (χ2n) is 10.0. The molecule has 1 aromatic heterocycles. The SMILES string of the molecule is Cc1ccccc1-c1cc(COC(CCC2CCCCC2)c2cncs2)ccc1C(=O)NC(CO)C(=O)O.[Li+]. The Kier molecular flexibility index (Phi) is 12.2. The molecule has 0 radical (unpaired) electrons. The Morgan fingerprint density at radius 3 is 2.56 bits per heavy atom. The van der Waals surface area contributed by atoms with Crippen LogP contribution in [0.25, 0.3) is 11.1 Å². The first-order valence-corrected chi connectivity index (χ1v) is 14.2. The Balaban J connectivity index is 0.00000420. The molecule has 3 N–H and O–H groups in total. The van der Waals surface area contributed by atoms with Gasteiger partial charge in [-0.1, -0.05) is 62.4 Å². The Labute approximate surface area is 246 Å². The minimum atomic E-state index is -1.38. The van der Waals surface area contributed by atoms with Gasteiger partial charge < -0.3 is 20.3 Å². The molecule has 2 atom stereocenters. The summed E-state index contributed by atoms with van der Waals surface area (Å²) < 4.78 is 6.46. The summed E-state index contributed by atoms with van der Waals surface area (Å²) in [5, 5.41) is 21.1. The Morgan fingerprint density at radius 2 is 1.90 bits per heavy atom. The van der Waals surface area contributed by atoms with Crippen LogP contribution in [0.5, 0.6) is 0 Å². The molecule has 1 aliphatic carbocycles. The number of rotatable bonds is 12. The van der Waals surface area contributed by atoms with Crippen LogP contribution in [-0.2, 0) is 16.1 Å². The third-order valence-electron chi connectivity index (χ3n) is 7.33. The minimum absolute atomic E-state index is 0. The number of aliphatic hydroxyl groups excluding tert-OH is 1. The fourth-order valence-electron chi connectivity index (χ4n) is 5.15. The number of hydrogen-bond acceptors (Lipinski definition) is 6. The summed E-state index contributed by atoms with van der Waals surface area (Å²) in [6.45, 7) is 1.66. The van der Waals surface area contributed by atoms with Gasteiger partial charge in [0.25, 0.3) is 5.91 Å². The van der Waals surface area contributed by atoms with Crippen molar-refractivity contribution in [3.8, 4) is 11.1 Å². The largest absolute Gasteiger partial charge is 1.00 e. The van der Waals surface area contributed by atoms with Gasteiger partial charge in [-0.05, 0) is 60.1 Å². The van der Waals surface area contributed by atoms with E-state index < -0.39 is 24.5 Å². The molecule has 0 aliphatic heterocycles. The summed E-state index contributed by atoms with van der Waals surface area (Å²) >= 11 is 1.61. The fourth-order valence-corrected chi connectivity index (χ4v) is 5.85. The molecule has 202 valence electrons. The number of carbonyl (C=O) groups excluding carboxylic acids is 1. The third kappa shape index (κ3) is 8.50. The van der Waals surface area contributed by atoms with E-state index in [0.29, 0.717) is 17.7 Å². The van der Waals surface area contributed by atoms with Crippen molar-refractivity contribution in [1.29, 1.82) is 0 Å². The molecule has 4 rings (SSSR count). The number of carboxylic acids is 1. The van der Waals surface area contributed by atoms with E-state index in [1.165, 1.54) is 32.1 Å². The van der Waals surface area contributed by atoms with E-state index in [0.717, 1.165) is 40.3 Å². The molecule has 0 saturated heterocycles. The van der Waals surface area contributed by atoms with Crippen molar-refractivity contribution in [1.82, 2.24) is 10.3 Å². The van der Waals surface area contributed by atoms with Crippen LogP contribution in [0.15, 0.2) is 54.2 Å². The van der Waals surface area contributed by atoms with Gasteiger partial charge in [-0.25, -0.2) is 4.79 Å². The van der Waals surface area contributed by atoms with Gasteiger partial charge >= 0.3 is 24.8 Å². The topological polar surface area (TPSA) is 109 Å². The maximum absolute atomic E-state index is 13.1. The van der Waals surface area contributed by atoms with E-state index >= 15 is 0 Å². The maximum Gasteiger partial charge on any atom is 1.00 e. The molecule has 9 heteroatoms. The molecular weight excluding hydrogens is 507 g/mol. The first-order chi connectivity index (χ1) is 18.5. The zero-order valence-electron chi connectivity index (χ0n) is 22.8. The van der Waals surface area contributed by atoms with E-state index in [-0.39, 0.29) is 25.0 Å². The molecule has 39 heavy (non-hydrogen) atoms. The molecule has 2 aromatic carbocycles. The van der Waals surface area contributed by atoms with E-state index in [9.17, 15) is 19.8 Å². The monoisotopic (exact) mass is 543 g/mol. The van der Waals surface area contributed by atoms with Gasteiger partial charge in [0.05, 0.1) is 29.7 Å². The van der Waals surface area contributed by atoms with Crippen molar-refractivity contribution in [3.63, 3.8) is 0 Å². The Morgan fingerprint density at radius 1 is 1.13 bits per heavy atom. The van der Waals surface area contributed by atoms with Crippen LogP contribution in [0.4, 0.5) is 0 Å². The number of hydrogen-bond donors (Lipinski definition) is 3. The molecule has 1 fully saturated rings. The number of nitrogens with one attached hydrogen (secondary N) is 1. The van der Waals surface area contributed by atoms with E-state index in [1.807, 2.05) is 55.0 Å². The van der Waals surface area contributed by atoms with Crippen LogP contribution in [0, 0.1) is 12.8 Å². The molecular formula is C30H36LiN2O5S+. The predicted molar refractivity (Wildman–Crippen MR) is 148 cm³/mol. The summed E-state index contributed by atoms with van der Waals surface area (Å²) in [6.07, 6.45) is 10.6. The molecule has 1 heterocycles. The van der Waals surface area contributed by atoms with Gasteiger partial charge in [-0.15, -0.1) is 11.3 Å². The molecule has 1 saturated carbocycles. The number of aliphatic hydroxyl groups is 1. The summed E-state index contributed by atoms with van der Waals surface area (Å²) in [7, 11) is 0. The molecule has 1 aliphatic rings. The Bertz CT molecular complexity index is 1210. The number of benzene rings is 2. The number of aryl methyl sites for hydroxylation is 1. The number of ether oxygens (including phenoxy) is 1. The Hall–Kier alpha value is -2.47. The van der Waals surface area contributed by atoms with E-state index in [2.05, 4.69) is 10.3 Å². The number of thiazole rings is 1. The maximum atomic E-state index is 13.1. The van der Waals surface area contributed by atoms with Gasteiger partial charge in [0, 0.05) is 11.8 Å². The first-order valence-electron chi connectivity index (χ1n) is 13.3. The number of nitrogens with zero attached hydrogens (tertiary/aromatic N) is 1. The van der Waals surface area contributed by atoms with Crippen LogP contribution < -0.4 is 24.2 Å². The molecule has 3 aromatic rings. The van der Waals surface area contributed by atoms with Gasteiger partial charge in [0.15, 0.2) is 6.04 Å². The number of carboxylic acid groups (broad SMARTS) is 1. The van der Waals surface area contributed by atoms with Crippen LogP contribution in [0.3, 0.4) is 0 Å². The molecule has 0 spiro atoms. The zero-order valence-corrected chi connectivity index (χ0v) is 23.6. The first kappa shape index (κ1) is 31.1. The smallest absolute Gasteiger partial charge is 0.480 e. The molecule has 0 bridgehead atoms. The van der Waals surface area contributed by atoms with Crippen molar-refractivity contribution in [2.75, 3.05) is 6.61 Å². The normalized spacial score (nSPS) is 15.2. The van der Waals surface area contributed by atoms with Crippen molar-refractivity contribution < 1.29 is 43.4 Å². The van der Waals surface area contributed by atoms with E-state index in [4.69, 9.17) is 4.74 Å². The molecule has 2 unspecified atom stereocenters. The average molecular weight is 544 g/mol. The van der Waals surface area contributed by atoms with Crippen molar-refractivity contribution in [2.45, 2.75) is 70.6 Å². The molecule has 7 nitrogen and oxygen atoms in total. The minimum Gasteiger partial charge on any atom is -0.480 e. The quantitative estimate of drug-likeness (QED) is 0.303. The van der Waals surface area contributed by atoms with Gasteiger partial charge in [-0.2, -0.15) is 0 Å². The number of aromatic nitrogens is 1. The second-order valence-corrected chi connectivity index (χ2v) is 10.9. The van der Waals surface area contributed by atoms with Gasteiger partial charge in [0.1, 0.15) is 0 Å². The number of aliphatic carboxylic acids is 1. The summed E-state index contributed by atoms with van der Waals surface area (Å²) in [6, 6.07) is 11.9. The van der Waals surface area contributed by atoms with E-state index in [1.54, 1.807) is 17.4 Å². The fraction of sp³-hybridized carbons (Fsp3) is 0.433. The summed E-state index contributed by atoms with van der Waals surface area (Å²) in [5.41, 5.74) is 5.67.